The van der Waals surface area contributed by atoms with Crippen LogP contribution in [0.1, 0.15) is 26.3 Å². The van der Waals surface area contributed by atoms with Gasteiger partial charge in [0.25, 0.3) is 0 Å². The van der Waals surface area contributed by atoms with Gasteiger partial charge in [-0.15, -0.1) is 0 Å². The number of nitrogens with two attached hydrogens (primary N) is 1. The second-order valence-electron chi connectivity index (χ2n) is 6.48. The average molecular weight is 382 g/mol. The lowest BCUT2D eigenvalue weighted by molar-refractivity contribution is -0.144. The number of carbonyl (C=O) groups excluding carboxylic acids is 2. The van der Waals surface area contributed by atoms with E-state index in [1.807, 2.05) is 43.0 Å². The minimum absolute atomic E-state index is 0.0141. The molecular formula is C17H24BrN3O2. The molecule has 1 unspecified atom stereocenters. The normalized spacial score (nSPS) is 18.0. The third-order valence-corrected chi connectivity index (χ3v) is 4.79. The predicted octanol–water partition coefficient (Wildman–Crippen LogP) is 1.95. The molecular weight excluding hydrogens is 358 g/mol. The van der Waals surface area contributed by atoms with E-state index in [0.717, 1.165) is 10.0 Å². The molecule has 0 bridgehead atoms. The van der Waals surface area contributed by atoms with Crippen LogP contribution < -0.4 is 5.73 Å². The van der Waals surface area contributed by atoms with Crippen LogP contribution in [-0.2, 0) is 15.1 Å². The summed E-state index contributed by atoms with van der Waals surface area (Å²) in [6.45, 7) is 7.72. The monoisotopic (exact) mass is 381 g/mol. The Morgan fingerprint density at radius 1 is 1.09 bits per heavy atom. The van der Waals surface area contributed by atoms with Gasteiger partial charge >= 0.3 is 0 Å². The lowest BCUT2D eigenvalue weighted by atomic mass is 9.91. The molecule has 5 nitrogen and oxygen atoms in total. The van der Waals surface area contributed by atoms with Crippen molar-refractivity contribution in [1.82, 2.24) is 9.80 Å². The van der Waals surface area contributed by atoms with Crippen LogP contribution in [0.4, 0.5) is 0 Å². The van der Waals surface area contributed by atoms with Crippen LogP contribution >= 0.6 is 15.9 Å². The first-order chi connectivity index (χ1) is 10.7. The molecule has 6 heteroatoms. The summed E-state index contributed by atoms with van der Waals surface area (Å²) in [6.07, 6.45) is 0. The van der Waals surface area contributed by atoms with Crippen LogP contribution in [0.5, 0.6) is 0 Å². The number of amides is 2. The predicted molar refractivity (Wildman–Crippen MR) is 93.7 cm³/mol. The van der Waals surface area contributed by atoms with E-state index < -0.39 is 5.54 Å². The molecule has 1 aliphatic heterocycles. The quantitative estimate of drug-likeness (QED) is 0.869. The molecule has 0 radical (unpaired) electrons. The zero-order valence-electron chi connectivity index (χ0n) is 13.9. The van der Waals surface area contributed by atoms with Gasteiger partial charge in [-0.25, -0.2) is 0 Å². The van der Waals surface area contributed by atoms with Gasteiger partial charge in [0.1, 0.15) is 5.54 Å². The minimum atomic E-state index is -1.06. The first kappa shape index (κ1) is 17.9. The standard InChI is InChI=1S/C17H24BrN3O2/c1-12(2)15(22)20-8-10-21(11-9-20)16(23)17(3,19)13-4-6-14(18)7-5-13/h4-7,12H,8-11,19H2,1-3H3. The van der Waals surface area contributed by atoms with Crippen molar-refractivity contribution in [3.8, 4) is 0 Å². The molecule has 1 saturated heterocycles. The molecule has 0 aromatic heterocycles. The smallest absolute Gasteiger partial charge is 0.247 e. The molecule has 1 aliphatic rings. The number of carbonyl (C=O) groups is 2. The second-order valence-corrected chi connectivity index (χ2v) is 7.40. The highest BCUT2D eigenvalue weighted by Gasteiger charge is 2.36. The summed E-state index contributed by atoms with van der Waals surface area (Å²) in [5.41, 5.74) is 6.04. The minimum Gasteiger partial charge on any atom is -0.339 e. The lowest BCUT2D eigenvalue weighted by Gasteiger charge is -2.39. The van der Waals surface area contributed by atoms with Gasteiger partial charge < -0.3 is 15.5 Å². The summed E-state index contributed by atoms with van der Waals surface area (Å²) in [6, 6.07) is 7.49. The number of hydrogen-bond acceptors (Lipinski definition) is 3. The average Bonchev–Trinajstić information content (AvgIpc) is 2.54. The third kappa shape index (κ3) is 3.93. The van der Waals surface area contributed by atoms with E-state index in [-0.39, 0.29) is 17.7 Å². The summed E-state index contributed by atoms with van der Waals surface area (Å²) in [4.78, 5) is 28.4. The van der Waals surface area contributed by atoms with E-state index in [0.29, 0.717) is 26.2 Å². The third-order valence-electron chi connectivity index (χ3n) is 4.26. The fourth-order valence-electron chi connectivity index (χ4n) is 2.74. The van der Waals surface area contributed by atoms with Gasteiger partial charge in [-0.05, 0) is 24.6 Å². The van der Waals surface area contributed by atoms with Gasteiger partial charge in [0.05, 0.1) is 0 Å². The van der Waals surface area contributed by atoms with E-state index in [1.54, 1.807) is 11.8 Å². The second kappa shape index (κ2) is 7.01. The Morgan fingerprint density at radius 3 is 2.04 bits per heavy atom. The van der Waals surface area contributed by atoms with Crippen molar-refractivity contribution in [2.75, 3.05) is 26.2 Å². The van der Waals surface area contributed by atoms with Crippen molar-refractivity contribution in [2.45, 2.75) is 26.3 Å². The number of benzene rings is 1. The highest BCUT2D eigenvalue weighted by molar-refractivity contribution is 9.10. The summed E-state index contributed by atoms with van der Waals surface area (Å²) in [7, 11) is 0. The van der Waals surface area contributed by atoms with Gasteiger partial charge in [0.2, 0.25) is 11.8 Å². The van der Waals surface area contributed by atoms with E-state index in [4.69, 9.17) is 5.73 Å². The van der Waals surface area contributed by atoms with Gasteiger partial charge in [-0.3, -0.25) is 9.59 Å². The largest absolute Gasteiger partial charge is 0.339 e. The van der Waals surface area contributed by atoms with E-state index in [2.05, 4.69) is 15.9 Å². The first-order valence-electron chi connectivity index (χ1n) is 7.86. The molecule has 126 valence electrons. The maximum atomic E-state index is 12.8. The topological polar surface area (TPSA) is 66.6 Å². The van der Waals surface area contributed by atoms with Crippen LogP contribution in [0.25, 0.3) is 0 Å². The fourth-order valence-corrected chi connectivity index (χ4v) is 3.01. The van der Waals surface area contributed by atoms with Crippen LogP contribution in [0, 0.1) is 5.92 Å². The Bertz CT molecular complexity index is 576. The summed E-state index contributed by atoms with van der Waals surface area (Å²) in [5, 5.41) is 0. The van der Waals surface area contributed by atoms with Crippen molar-refractivity contribution in [3.05, 3.63) is 34.3 Å². The number of hydrogen-bond donors (Lipinski definition) is 1. The Labute approximate surface area is 145 Å². The van der Waals surface area contributed by atoms with Crippen molar-refractivity contribution >= 4 is 27.7 Å². The molecule has 23 heavy (non-hydrogen) atoms. The van der Waals surface area contributed by atoms with Gasteiger partial charge in [0.15, 0.2) is 0 Å². The zero-order chi connectivity index (χ0) is 17.2. The molecule has 2 rings (SSSR count). The van der Waals surface area contributed by atoms with Crippen molar-refractivity contribution < 1.29 is 9.59 Å². The van der Waals surface area contributed by atoms with Crippen LogP contribution in [0.15, 0.2) is 28.7 Å². The van der Waals surface area contributed by atoms with E-state index in [1.165, 1.54) is 0 Å². The molecule has 0 saturated carbocycles. The van der Waals surface area contributed by atoms with Gasteiger partial charge in [0, 0.05) is 36.6 Å². The molecule has 1 heterocycles. The number of piperazine rings is 1. The Balaban J connectivity index is 2.04. The highest BCUT2D eigenvalue weighted by atomic mass is 79.9. The Morgan fingerprint density at radius 2 is 1.57 bits per heavy atom. The van der Waals surface area contributed by atoms with Gasteiger partial charge in [-0.1, -0.05) is 41.9 Å². The number of rotatable bonds is 3. The SMILES string of the molecule is CC(C)C(=O)N1CCN(C(=O)C(C)(N)c2ccc(Br)cc2)CC1. The molecule has 2 amide bonds. The van der Waals surface area contributed by atoms with Gasteiger partial charge in [-0.2, -0.15) is 0 Å². The zero-order valence-corrected chi connectivity index (χ0v) is 15.5. The molecule has 1 fully saturated rings. The molecule has 2 N–H and O–H groups in total. The van der Waals surface area contributed by atoms with Crippen molar-refractivity contribution in [2.24, 2.45) is 11.7 Å². The summed E-state index contributed by atoms with van der Waals surface area (Å²) in [5.74, 6) is 0.0248. The Kier molecular flexibility index (Phi) is 5.47. The van der Waals surface area contributed by atoms with E-state index >= 15 is 0 Å². The van der Waals surface area contributed by atoms with Crippen LogP contribution in [0.3, 0.4) is 0 Å². The maximum absolute atomic E-state index is 12.8. The maximum Gasteiger partial charge on any atom is 0.247 e. The summed E-state index contributed by atoms with van der Waals surface area (Å²) >= 11 is 3.38. The lowest BCUT2D eigenvalue weighted by Crippen LogP contribution is -2.57. The van der Waals surface area contributed by atoms with Crippen molar-refractivity contribution in [1.29, 1.82) is 0 Å². The highest BCUT2D eigenvalue weighted by Crippen LogP contribution is 2.23. The van der Waals surface area contributed by atoms with Crippen LogP contribution in [0.2, 0.25) is 0 Å². The molecule has 1 aromatic rings. The Hall–Kier alpha value is -1.40. The molecule has 1 atom stereocenters. The number of nitrogens with zero attached hydrogens (tertiary/aromatic N) is 2. The van der Waals surface area contributed by atoms with Crippen molar-refractivity contribution in [3.63, 3.8) is 0 Å². The van der Waals surface area contributed by atoms with Crippen LogP contribution in [-0.4, -0.2) is 47.8 Å². The fraction of sp³-hybridized carbons (Fsp3) is 0.529. The first-order valence-corrected chi connectivity index (χ1v) is 8.66. The summed E-state index contributed by atoms with van der Waals surface area (Å²) < 4.78 is 0.949. The molecule has 0 spiro atoms. The molecule has 1 aromatic carbocycles. The van der Waals surface area contributed by atoms with E-state index in [9.17, 15) is 9.59 Å². The number of halogens is 1. The molecule has 0 aliphatic carbocycles.